The van der Waals surface area contributed by atoms with E-state index >= 15 is 0 Å². The number of hydrogen-bond acceptors (Lipinski definition) is 5. The molecule has 1 amide bonds. The maximum absolute atomic E-state index is 8.78. The smallest absolute Gasteiger partial charge is 0.402 e. The van der Waals surface area contributed by atoms with E-state index in [2.05, 4.69) is 5.73 Å². The van der Waals surface area contributed by atoms with E-state index in [1.54, 1.807) is 0 Å². The molecule has 5 nitrogen and oxygen atoms in total. The van der Waals surface area contributed by atoms with Crippen LogP contribution >= 0.6 is 43.9 Å². The van der Waals surface area contributed by atoms with Crippen LogP contribution in [0.2, 0.25) is 0 Å². The average Bonchev–Trinajstić information content (AvgIpc) is 2.15. The van der Waals surface area contributed by atoms with Crippen LogP contribution in [0.4, 0.5) is 4.79 Å². The Morgan fingerprint density at radius 3 is 1.53 bits per heavy atom. The number of carboxylic acid groups (broad SMARTS) is 1. The zero-order chi connectivity index (χ0) is 14.0. The minimum absolute atomic E-state index is 0.716. The summed E-state index contributed by atoms with van der Waals surface area (Å²) in [7, 11) is 11.6. The maximum Gasteiger partial charge on any atom is 0.402 e. The topological polar surface area (TPSA) is 69.8 Å². The Bertz CT molecular complexity index is 252. The third-order valence-electron chi connectivity index (χ3n) is 1.10. The van der Waals surface area contributed by atoms with Crippen molar-refractivity contribution < 1.29 is 24.6 Å². The Hall–Kier alpha value is 0.373. The Kier molecular flexibility index (Phi) is 13.3. The van der Waals surface area contributed by atoms with Gasteiger partial charge in [0.15, 0.2) is 0 Å². The number of rotatable bonds is 2. The Morgan fingerprint density at radius 1 is 1.12 bits per heavy atom. The van der Waals surface area contributed by atoms with Gasteiger partial charge in [-0.15, -0.1) is 0 Å². The largest absolute Gasteiger partial charge is 0.465 e. The van der Waals surface area contributed by atoms with Crippen molar-refractivity contribution in [2.45, 2.75) is 0 Å². The molecule has 10 heteroatoms. The predicted octanol–water partition coefficient (Wildman–Crippen LogP) is 1.68. The number of carbonyl (C=O) groups is 1. The summed E-state index contributed by atoms with van der Waals surface area (Å²) in [5, 5.41) is 7.19. The van der Waals surface area contributed by atoms with Crippen molar-refractivity contribution >= 4 is 58.7 Å². The molecule has 0 radical (unpaired) electrons. The van der Waals surface area contributed by atoms with Gasteiger partial charge in [-0.1, -0.05) is 0 Å². The van der Waals surface area contributed by atoms with Gasteiger partial charge in [-0.25, -0.2) is 4.79 Å². The van der Waals surface area contributed by atoms with E-state index in [0.717, 1.165) is 8.64 Å². The molecule has 3 N–H and O–H groups in total. The normalized spacial score (nSPS) is 8.24. The molecule has 0 aliphatic heterocycles. The summed E-state index contributed by atoms with van der Waals surface area (Å²) in [6, 6.07) is 0. The third-order valence-corrected chi connectivity index (χ3v) is 15.2. The molecule has 0 saturated heterocycles. The molecule has 0 spiro atoms. The average molecular weight is 367 g/mol. The van der Waals surface area contributed by atoms with E-state index in [-0.39, 0.29) is 0 Å². The van der Waals surface area contributed by atoms with E-state index in [1.807, 2.05) is 57.5 Å². The van der Waals surface area contributed by atoms with Crippen molar-refractivity contribution in [1.29, 1.82) is 0 Å². The quantitative estimate of drug-likeness (QED) is 0.565. The molecule has 96 valence electrons. The van der Waals surface area contributed by atoms with E-state index in [0.29, 0.717) is 0 Å². The zero-order valence-corrected chi connectivity index (χ0v) is 16.4. The van der Waals surface area contributed by atoms with Crippen LogP contribution in [0.15, 0.2) is 0 Å². The molecule has 0 rings (SSSR count). The summed E-state index contributed by atoms with van der Waals surface area (Å²) >= 11 is 9.61. The third kappa shape index (κ3) is 16.4. The summed E-state index contributed by atoms with van der Waals surface area (Å²) in [6.45, 7) is 0. The van der Waals surface area contributed by atoms with E-state index in [4.69, 9.17) is 34.3 Å². The first-order valence-electron chi connectivity index (χ1n) is 4.35. The minimum atomic E-state index is -1.33. The van der Waals surface area contributed by atoms with Crippen LogP contribution in [0, 0.1) is 0 Å². The number of primary amides is 1. The van der Waals surface area contributed by atoms with Crippen LogP contribution in [0.1, 0.15) is 0 Å². The van der Waals surface area contributed by atoms with E-state index in [9.17, 15) is 0 Å². The van der Waals surface area contributed by atoms with Gasteiger partial charge in [0.2, 0.25) is 0 Å². The monoisotopic (exact) mass is 365 g/mol. The van der Waals surface area contributed by atoms with Crippen molar-refractivity contribution in [2.24, 2.45) is 5.73 Å². The molecule has 0 aromatic rings. The molecule has 0 heterocycles. The van der Waals surface area contributed by atoms with Crippen molar-refractivity contribution in [1.82, 2.24) is 9.80 Å². The van der Waals surface area contributed by atoms with E-state index < -0.39 is 20.8 Å². The number of nitrogens with two attached hydrogens (primary N) is 1. The number of thiocarbonyl (C=S) groups is 2. The first-order chi connectivity index (χ1) is 7.68. The standard InChI is InChI=1S/2C3H7NS2.CH3NO2.Zn/c2*1-4(2)3(5)6;2-1(3)4;/h2*1-2H3,(H,5,6);2H2,(H,3,4);/q;;;+2/p-2. The van der Waals surface area contributed by atoms with Crippen LogP contribution in [0.25, 0.3) is 0 Å². The predicted molar refractivity (Wildman–Crippen MR) is 80.0 cm³/mol. The van der Waals surface area contributed by atoms with Gasteiger partial charge in [0, 0.05) is 0 Å². The molecule has 0 aromatic carbocycles. The number of amides is 1. The van der Waals surface area contributed by atoms with Crippen molar-refractivity contribution in [2.75, 3.05) is 28.2 Å². The molecular formula is C7H15N3O2S4Zn. The second kappa shape index (κ2) is 11.5. The van der Waals surface area contributed by atoms with E-state index in [1.165, 1.54) is 0 Å². The van der Waals surface area contributed by atoms with Gasteiger partial charge >= 0.3 is 111 Å². The number of hydrogen-bond donors (Lipinski definition) is 2. The second-order valence-corrected chi connectivity index (χ2v) is 14.7. The fraction of sp³-hybridized carbons (Fsp3) is 0.571. The zero-order valence-electron chi connectivity index (χ0n) is 10.2. The molecule has 0 atom stereocenters. The SMILES string of the molecule is CN(C)C(=S)[S][Zn][S]C(=S)N(C)C.NC(=O)O. The summed E-state index contributed by atoms with van der Waals surface area (Å²) in [5.74, 6) is 0. The summed E-state index contributed by atoms with van der Waals surface area (Å²) in [6.07, 6.45) is -1.33. The molecule has 0 aromatic heterocycles. The van der Waals surface area contributed by atoms with Crippen LogP contribution in [-0.2, 0) is 14.7 Å². The van der Waals surface area contributed by atoms with Crippen molar-refractivity contribution in [3.05, 3.63) is 0 Å². The van der Waals surface area contributed by atoms with Gasteiger partial charge in [-0.05, 0) is 0 Å². The molecule has 0 bridgehead atoms. The maximum atomic E-state index is 8.78. The molecular weight excluding hydrogens is 352 g/mol. The second-order valence-electron chi connectivity index (χ2n) is 3.07. The molecule has 0 aliphatic rings. The molecule has 0 unspecified atom stereocenters. The van der Waals surface area contributed by atoms with Gasteiger partial charge in [-0.2, -0.15) is 0 Å². The first kappa shape index (κ1) is 19.7. The first-order valence-corrected chi connectivity index (χ1v) is 14.4. The van der Waals surface area contributed by atoms with Crippen LogP contribution in [0.5, 0.6) is 0 Å². The molecule has 0 aliphatic carbocycles. The fourth-order valence-corrected chi connectivity index (χ4v) is 14.6. The van der Waals surface area contributed by atoms with Crippen LogP contribution in [-0.4, -0.2) is 57.8 Å². The fourth-order valence-electron chi connectivity index (χ4n) is 0.388. The van der Waals surface area contributed by atoms with Crippen LogP contribution in [0.3, 0.4) is 0 Å². The van der Waals surface area contributed by atoms with Gasteiger partial charge in [-0.3, -0.25) is 0 Å². The summed E-state index contributed by atoms with van der Waals surface area (Å²) < 4.78 is 1.96. The minimum Gasteiger partial charge on any atom is -0.465 e. The molecule has 0 fully saturated rings. The Morgan fingerprint density at radius 2 is 1.35 bits per heavy atom. The summed E-state index contributed by atoms with van der Waals surface area (Å²) in [5.41, 5.74) is 4.03. The Balaban J connectivity index is 0. The molecule has 0 saturated carbocycles. The van der Waals surface area contributed by atoms with Gasteiger partial charge in [0.25, 0.3) is 0 Å². The van der Waals surface area contributed by atoms with Gasteiger partial charge < -0.3 is 10.8 Å². The van der Waals surface area contributed by atoms with Crippen molar-refractivity contribution in [3.8, 4) is 0 Å². The van der Waals surface area contributed by atoms with Crippen LogP contribution < -0.4 is 5.73 Å². The summed E-state index contributed by atoms with van der Waals surface area (Å²) in [4.78, 5) is 12.7. The molecule has 17 heavy (non-hydrogen) atoms. The van der Waals surface area contributed by atoms with Crippen molar-refractivity contribution in [3.63, 3.8) is 0 Å². The Labute approximate surface area is 126 Å². The van der Waals surface area contributed by atoms with Gasteiger partial charge in [0.05, 0.1) is 0 Å². The number of nitrogens with zero attached hydrogens (tertiary/aromatic N) is 2. The van der Waals surface area contributed by atoms with Gasteiger partial charge in [0.1, 0.15) is 0 Å².